The zero-order chi connectivity index (χ0) is 13.7. The van der Waals surface area contributed by atoms with Gasteiger partial charge in [0.25, 0.3) is 0 Å². The SMILES string of the molecule is CC(=O)CC12CCC(c3ccccc31)c1ccccc12. The maximum absolute atomic E-state index is 11.9. The Morgan fingerprint density at radius 3 is 2.15 bits per heavy atom. The van der Waals surface area contributed by atoms with E-state index in [-0.39, 0.29) is 11.2 Å². The Balaban J connectivity index is 2.04. The maximum Gasteiger partial charge on any atom is 0.131 e. The quantitative estimate of drug-likeness (QED) is 0.793. The van der Waals surface area contributed by atoms with Crippen molar-refractivity contribution in [2.45, 2.75) is 37.5 Å². The highest BCUT2D eigenvalue weighted by molar-refractivity contribution is 5.79. The summed E-state index contributed by atoms with van der Waals surface area (Å²) in [5.74, 6) is 0.811. The lowest BCUT2D eigenvalue weighted by Crippen LogP contribution is -2.41. The molecule has 2 bridgehead atoms. The van der Waals surface area contributed by atoms with Gasteiger partial charge in [0, 0.05) is 17.8 Å². The van der Waals surface area contributed by atoms with Gasteiger partial charge in [-0.2, -0.15) is 0 Å². The van der Waals surface area contributed by atoms with E-state index in [9.17, 15) is 4.79 Å². The van der Waals surface area contributed by atoms with Gasteiger partial charge in [-0.1, -0.05) is 48.5 Å². The van der Waals surface area contributed by atoms with Crippen molar-refractivity contribution in [2.75, 3.05) is 0 Å². The molecule has 2 aromatic rings. The van der Waals surface area contributed by atoms with E-state index < -0.39 is 0 Å². The van der Waals surface area contributed by atoms with Crippen LogP contribution in [0.2, 0.25) is 0 Å². The van der Waals surface area contributed by atoms with Crippen molar-refractivity contribution in [3.8, 4) is 0 Å². The lowest BCUT2D eigenvalue weighted by molar-refractivity contribution is -0.118. The van der Waals surface area contributed by atoms with E-state index in [0.717, 1.165) is 6.42 Å². The minimum absolute atomic E-state index is 0.0756. The van der Waals surface area contributed by atoms with Crippen molar-refractivity contribution in [2.24, 2.45) is 0 Å². The van der Waals surface area contributed by atoms with Crippen LogP contribution in [0.4, 0.5) is 0 Å². The van der Waals surface area contributed by atoms with Crippen molar-refractivity contribution in [3.05, 3.63) is 70.8 Å². The molecule has 3 aliphatic rings. The molecule has 3 aliphatic carbocycles. The lowest BCUT2D eigenvalue weighted by Gasteiger charge is -2.49. The average molecular weight is 262 g/mol. The van der Waals surface area contributed by atoms with Gasteiger partial charge < -0.3 is 0 Å². The molecular formula is C19H18O. The molecule has 0 saturated heterocycles. The molecule has 0 unspecified atom stereocenters. The van der Waals surface area contributed by atoms with E-state index in [1.807, 2.05) is 0 Å². The van der Waals surface area contributed by atoms with E-state index in [4.69, 9.17) is 0 Å². The fraction of sp³-hybridized carbons (Fsp3) is 0.316. The highest BCUT2D eigenvalue weighted by atomic mass is 16.1. The van der Waals surface area contributed by atoms with E-state index in [1.165, 1.54) is 28.7 Å². The molecule has 0 atom stereocenters. The first-order chi connectivity index (χ1) is 9.72. The summed E-state index contributed by atoms with van der Waals surface area (Å²) in [5, 5.41) is 0. The molecule has 1 nitrogen and oxygen atoms in total. The molecule has 0 aromatic heterocycles. The molecule has 100 valence electrons. The van der Waals surface area contributed by atoms with E-state index in [1.54, 1.807) is 6.92 Å². The third kappa shape index (κ3) is 1.41. The zero-order valence-corrected chi connectivity index (χ0v) is 11.7. The monoisotopic (exact) mass is 262 g/mol. The maximum atomic E-state index is 11.9. The van der Waals surface area contributed by atoms with Gasteiger partial charge in [-0.05, 0) is 42.0 Å². The highest BCUT2D eigenvalue weighted by Crippen LogP contribution is 2.57. The summed E-state index contributed by atoms with van der Waals surface area (Å²) < 4.78 is 0. The van der Waals surface area contributed by atoms with Gasteiger partial charge in [0.1, 0.15) is 5.78 Å². The second kappa shape index (κ2) is 4.05. The van der Waals surface area contributed by atoms with Crippen molar-refractivity contribution >= 4 is 5.78 Å². The largest absolute Gasteiger partial charge is 0.300 e. The van der Waals surface area contributed by atoms with Crippen LogP contribution >= 0.6 is 0 Å². The molecular weight excluding hydrogens is 244 g/mol. The summed E-state index contributed by atoms with van der Waals surface area (Å²) in [7, 11) is 0. The average Bonchev–Trinajstić information content (AvgIpc) is 2.48. The van der Waals surface area contributed by atoms with Crippen LogP contribution in [0, 0.1) is 0 Å². The molecule has 0 heterocycles. The van der Waals surface area contributed by atoms with Gasteiger partial charge in [-0.25, -0.2) is 0 Å². The Bertz CT molecular complexity index is 651. The van der Waals surface area contributed by atoms with Crippen molar-refractivity contribution in [3.63, 3.8) is 0 Å². The summed E-state index contributed by atoms with van der Waals surface area (Å²) in [6, 6.07) is 17.5. The van der Waals surface area contributed by atoms with Gasteiger partial charge in [-0.3, -0.25) is 4.79 Å². The summed E-state index contributed by atoms with van der Waals surface area (Å²) in [4.78, 5) is 11.9. The lowest BCUT2D eigenvalue weighted by atomic mass is 9.54. The van der Waals surface area contributed by atoms with Crippen LogP contribution < -0.4 is 0 Å². The fourth-order valence-electron chi connectivity index (χ4n) is 4.46. The Hall–Kier alpha value is -1.89. The molecule has 5 rings (SSSR count). The number of benzene rings is 2. The zero-order valence-electron chi connectivity index (χ0n) is 11.7. The number of ketones is 1. The Labute approximate surface area is 119 Å². The second-order valence-electron chi connectivity index (χ2n) is 6.23. The minimum atomic E-state index is -0.0756. The molecule has 0 amide bonds. The van der Waals surface area contributed by atoms with Crippen LogP contribution in [0.5, 0.6) is 0 Å². The molecule has 0 saturated carbocycles. The van der Waals surface area contributed by atoms with Gasteiger partial charge >= 0.3 is 0 Å². The predicted molar refractivity (Wildman–Crippen MR) is 80.0 cm³/mol. The Morgan fingerprint density at radius 1 is 1.05 bits per heavy atom. The van der Waals surface area contributed by atoms with Gasteiger partial charge in [-0.15, -0.1) is 0 Å². The number of Topliss-reactive ketones (excluding diaryl/α,β-unsaturated/α-hetero) is 1. The first-order valence-corrected chi connectivity index (χ1v) is 7.41. The van der Waals surface area contributed by atoms with Crippen LogP contribution in [0.1, 0.15) is 54.4 Å². The third-order valence-electron chi connectivity index (χ3n) is 5.11. The number of hydrogen-bond acceptors (Lipinski definition) is 1. The summed E-state index contributed by atoms with van der Waals surface area (Å²) in [5.41, 5.74) is 5.60. The molecule has 1 heteroatoms. The third-order valence-corrected chi connectivity index (χ3v) is 5.11. The van der Waals surface area contributed by atoms with E-state index in [0.29, 0.717) is 12.3 Å². The predicted octanol–water partition coefficient (Wildman–Crippen LogP) is 4.19. The number of fused-ring (bicyclic) bond motifs is 1. The molecule has 0 aliphatic heterocycles. The minimum Gasteiger partial charge on any atom is -0.300 e. The number of carbonyl (C=O) groups is 1. The van der Waals surface area contributed by atoms with Crippen LogP contribution in [-0.4, -0.2) is 5.78 Å². The Morgan fingerprint density at radius 2 is 1.60 bits per heavy atom. The van der Waals surface area contributed by atoms with Gasteiger partial charge in [0.05, 0.1) is 0 Å². The fourth-order valence-corrected chi connectivity index (χ4v) is 4.46. The first-order valence-electron chi connectivity index (χ1n) is 7.41. The number of hydrogen-bond donors (Lipinski definition) is 0. The number of carbonyl (C=O) groups excluding carboxylic acids is 1. The van der Waals surface area contributed by atoms with Gasteiger partial charge in [0.2, 0.25) is 0 Å². The van der Waals surface area contributed by atoms with Crippen molar-refractivity contribution in [1.29, 1.82) is 0 Å². The van der Waals surface area contributed by atoms with Crippen LogP contribution in [0.25, 0.3) is 0 Å². The first kappa shape index (κ1) is 11.9. The van der Waals surface area contributed by atoms with Gasteiger partial charge in [0.15, 0.2) is 0 Å². The van der Waals surface area contributed by atoms with Crippen LogP contribution in [-0.2, 0) is 10.2 Å². The summed E-state index contributed by atoms with van der Waals surface area (Å²) in [6.07, 6.45) is 2.90. The molecule has 2 aromatic carbocycles. The van der Waals surface area contributed by atoms with Crippen LogP contribution in [0.3, 0.4) is 0 Å². The molecule has 0 N–H and O–H groups in total. The standard InChI is InChI=1S/C19H18O/c1-13(20)12-19-11-10-14(15-6-2-4-8-17(15)19)16-7-3-5-9-18(16)19/h2-9,14H,10-12H2,1H3. The Kier molecular flexibility index (Phi) is 2.41. The summed E-state index contributed by atoms with van der Waals surface area (Å²) >= 11 is 0. The van der Waals surface area contributed by atoms with Crippen LogP contribution in [0.15, 0.2) is 48.5 Å². The molecule has 20 heavy (non-hydrogen) atoms. The normalized spacial score (nSPS) is 25.9. The molecule has 0 spiro atoms. The summed E-state index contributed by atoms with van der Waals surface area (Å²) in [6.45, 7) is 1.72. The molecule has 0 radical (unpaired) electrons. The highest BCUT2D eigenvalue weighted by Gasteiger charge is 2.48. The smallest absolute Gasteiger partial charge is 0.131 e. The second-order valence-corrected chi connectivity index (χ2v) is 6.23. The van der Waals surface area contributed by atoms with E-state index in [2.05, 4.69) is 48.5 Å². The van der Waals surface area contributed by atoms with Crippen molar-refractivity contribution < 1.29 is 4.79 Å². The topological polar surface area (TPSA) is 17.1 Å². The van der Waals surface area contributed by atoms with E-state index >= 15 is 0 Å². The number of rotatable bonds is 2. The van der Waals surface area contributed by atoms with Crippen molar-refractivity contribution in [1.82, 2.24) is 0 Å². The molecule has 0 fully saturated rings.